The van der Waals surface area contributed by atoms with Crippen molar-refractivity contribution in [2.24, 2.45) is 0 Å². The minimum atomic E-state index is -3.70. The van der Waals surface area contributed by atoms with E-state index in [1.807, 2.05) is 6.07 Å². The molecule has 7 heteroatoms. The van der Waals surface area contributed by atoms with E-state index in [4.69, 9.17) is 9.16 Å². The molecule has 0 saturated heterocycles. The van der Waals surface area contributed by atoms with Gasteiger partial charge in [-0.25, -0.2) is 8.42 Å². The zero-order valence-corrected chi connectivity index (χ0v) is 23.2. The fourth-order valence-electron chi connectivity index (χ4n) is 3.21. The van der Waals surface area contributed by atoms with Gasteiger partial charge in [0, 0.05) is 15.2 Å². The standard InChI is InChI=1S/C23H42O4SSi2/c1-19(18-29(6,7)8)16-17-21(27-30(9,10)23(2,3)4)22(26-5)28(24,25)20-14-12-11-13-15-20/h11-15,21-22H,1,16-18H2,2-10H3/t21-,22+/m1/s1. The zero-order valence-electron chi connectivity index (χ0n) is 20.4. The second-order valence-electron chi connectivity index (χ2n) is 10.9. The average Bonchev–Trinajstić information content (AvgIpc) is 2.58. The van der Waals surface area contributed by atoms with E-state index >= 15 is 0 Å². The Morgan fingerprint density at radius 3 is 2.03 bits per heavy atom. The van der Waals surface area contributed by atoms with Crippen LogP contribution in [0.4, 0.5) is 0 Å². The minimum absolute atomic E-state index is 0.0324. The highest BCUT2D eigenvalue weighted by atomic mass is 32.2. The highest BCUT2D eigenvalue weighted by Gasteiger charge is 2.44. The average molecular weight is 471 g/mol. The number of benzene rings is 1. The third-order valence-corrected chi connectivity index (χ3v) is 13.8. The van der Waals surface area contributed by atoms with Gasteiger partial charge in [0.2, 0.25) is 9.84 Å². The van der Waals surface area contributed by atoms with Crippen molar-refractivity contribution in [3.05, 3.63) is 42.5 Å². The Balaban J connectivity index is 3.24. The SMILES string of the molecule is C=C(CC[C@@H](O[Si](C)(C)C(C)(C)C)[C@@H](OC)S(=O)(=O)c1ccccc1)C[Si](C)(C)C. The van der Waals surface area contributed by atoms with Gasteiger partial charge in [0.1, 0.15) is 0 Å². The Hall–Kier alpha value is -0.736. The van der Waals surface area contributed by atoms with Crippen LogP contribution in [0.5, 0.6) is 0 Å². The summed E-state index contributed by atoms with van der Waals surface area (Å²) in [5.74, 6) is 0. The summed E-state index contributed by atoms with van der Waals surface area (Å²) in [5.41, 5.74) is 0.124. The molecule has 0 radical (unpaired) electrons. The molecule has 0 fully saturated rings. The maximum Gasteiger partial charge on any atom is 0.207 e. The lowest BCUT2D eigenvalue weighted by molar-refractivity contribution is 0.0386. The van der Waals surface area contributed by atoms with E-state index in [9.17, 15) is 8.42 Å². The predicted octanol–water partition coefficient (Wildman–Crippen LogP) is 6.50. The van der Waals surface area contributed by atoms with E-state index in [2.05, 4.69) is 60.1 Å². The van der Waals surface area contributed by atoms with Crippen LogP contribution in [0.15, 0.2) is 47.4 Å². The second kappa shape index (κ2) is 10.3. The monoisotopic (exact) mass is 470 g/mol. The lowest BCUT2D eigenvalue weighted by Crippen LogP contribution is -2.49. The molecule has 1 rings (SSSR count). The zero-order chi connectivity index (χ0) is 23.4. The van der Waals surface area contributed by atoms with Gasteiger partial charge in [-0.1, -0.05) is 64.2 Å². The largest absolute Gasteiger partial charge is 0.410 e. The summed E-state index contributed by atoms with van der Waals surface area (Å²) in [6.07, 6.45) is 0.785. The summed E-state index contributed by atoms with van der Waals surface area (Å²) >= 11 is 0. The Labute approximate surface area is 187 Å². The summed E-state index contributed by atoms with van der Waals surface area (Å²) in [5, 5.41) is -0.0324. The fraction of sp³-hybridized carbons (Fsp3) is 0.652. The molecule has 0 aromatic heterocycles. The minimum Gasteiger partial charge on any atom is -0.410 e. The molecule has 30 heavy (non-hydrogen) atoms. The first-order valence-electron chi connectivity index (χ1n) is 10.7. The van der Waals surface area contributed by atoms with Gasteiger partial charge in [-0.05, 0) is 49.2 Å². The predicted molar refractivity (Wildman–Crippen MR) is 133 cm³/mol. The molecular weight excluding hydrogens is 428 g/mol. The molecule has 0 N–H and O–H groups in total. The molecular formula is C23H42O4SSi2. The highest BCUT2D eigenvalue weighted by Crippen LogP contribution is 2.39. The highest BCUT2D eigenvalue weighted by molar-refractivity contribution is 7.92. The lowest BCUT2D eigenvalue weighted by atomic mass is 10.1. The van der Waals surface area contributed by atoms with Crippen molar-refractivity contribution in [2.75, 3.05) is 7.11 Å². The Kier molecular flexibility index (Phi) is 9.33. The molecule has 0 aliphatic heterocycles. The molecule has 0 bridgehead atoms. The van der Waals surface area contributed by atoms with Gasteiger partial charge in [-0.3, -0.25) is 0 Å². The molecule has 0 aliphatic rings. The third kappa shape index (κ3) is 7.75. The molecule has 0 aliphatic carbocycles. The number of methoxy groups -OCH3 is 1. The molecule has 0 saturated carbocycles. The van der Waals surface area contributed by atoms with Crippen LogP contribution in [0.25, 0.3) is 0 Å². The summed E-state index contributed by atoms with van der Waals surface area (Å²) in [4.78, 5) is 0.265. The molecule has 2 atom stereocenters. The number of allylic oxidation sites excluding steroid dienone is 1. The van der Waals surface area contributed by atoms with Gasteiger partial charge in [0.05, 0.1) is 11.0 Å². The van der Waals surface area contributed by atoms with Crippen LogP contribution in [0, 0.1) is 0 Å². The maximum absolute atomic E-state index is 13.4. The van der Waals surface area contributed by atoms with Crippen LogP contribution in [-0.2, 0) is 19.0 Å². The molecule has 0 amide bonds. The van der Waals surface area contributed by atoms with E-state index in [1.54, 1.807) is 24.3 Å². The van der Waals surface area contributed by atoms with Crippen molar-refractivity contribution in [1.29, 1.82) is 0 Å². The van der Waals surface area contributed by atoms with Crippen molar-refractivity contribution in [3.8, 4) is 0 Å². The Morgan fingerprint density at radius 1 is 1.07 bits per heavy atom. The van der Waals surface area contributed by atoms with E-state index < -0.39 is 37.8 Å². The molecule has 1 aromatic carbocycles. The first-order valence-corrected chi connectivity index (χ1v) is 18.8. The van der Waals surface area contributed by atoms with Crippen LogP contribution in [-0.4, -0.2) is 43.5 Å². The summed E-state index contributed by atoms with van der Waals surface area (Å²) < 4.78 is 39.1. The Morgan fingerprint density at radius 2 is 1.60 bits per heavy atom. The molecule has 0 spiro atoms. The summed E-state index contributed by atoms with van der Waals surface area (Å²) in [6, 6.07) is 9.55. The van der Waals surface area contributed by atoms with Crippen LogP contribution in [0.3, 0.4) is 0 Å². The molecule has 0 heterocycles. The van der Waals surface area contributed by atoms with Gasteiger partial charge in [0.25, 0.3) is 0 Å². The quantitative estimate of drug-likeness (QED) is 0.274. The second-order valence-corrected chi connectivity index (χ2v) is 23.2. The van der Waals surface area contributed by atoms with Gasteiger partial charge < -0.3 is 9.16 Å². The van der Waals surface area contributed by atoms with Crippen molar-refractivity contribution in [3.63, 3.8) is 0 Å². The number of hydrogen-bond donors (Lipinski definition) is 0. The van der Waals surface area contributed by atoms with Gasteiger partial charge in [0.15, 0.2) is 13.8 Å². The number of ether oxygens (including phenoxy) is 1. The maximum atomic E-state index is 13.4. The Bertz CT molecular complexity index is 791. The van der Waals surface area contributed by atoms with Crippen molar-refractivity contribution >= 4 is 26.2 Å². The smallest absolute Gasteiger partial charge is 0.207 e. The normalized spacial score (nSPS) is 15.6. The van der Waals surface area contributed by atoms with Crippen molar-refractivity contribution in [2.45, 2.75) is 93.9 Å². The molecule has 1 aromatic rings. The lowest BCUT2D eigenvalue weighted by Gasteiger charge is -2.41. The topological polar surface area (TPSA) is 52.6 Å². The summed E-state index contributed by atoms with van der Waals surface area (Å²) in [6.45, 7) is 22.0. The van der Waals surface area contributed by atoms with E-state index in [-0.39, 0.29) is 9.93 Å². The van der Waals surface area contributed by atoms with Crippen LogP contribution < -0.4 is 0 Å². The fourth-order valence-corrected chi connectivity index (χ4v) is 7.99. The number of rotatable bonds is 11. The van der Waals surface area contributed by atoms with E-state index in [0.717, 1.165) is 12.5 Å². The van der Waals surface area contributed by atoms with Gasteiger partial charge >= 0.3 is 0 Å². The van der Waals surface area contributed by atoms with Gasteiger partial charge in [-0.15, -0.1) is 6.58 Å². The van der Waals surface area contributed by atoms with Crippen molar-refractivity contribution in [1.82, 2.24) is 0 Å². The number of hydrogen-bond acceptors (Lipinski definition) is 4. The van der Waals surface area contributed by atoms with Gasteiger partial charge in [-0.2, -0.15) is 0 Å². The van der Waals surface area contributed by atoms with Crippen LogP contribution >= 0.6 is 0 Å². The molecule has 0 unspecified atom stereocenters. The van der Waals surface area contributed by atoms with E-state index in [1.165, 1.54) is 12.7 Å². The molecule has 4 nitrogen and oxygen atoms in total. The number of sulfone groups is 1. The van der Waals surface area contributed by atoms with Crippen LogP contribution in [0.2, 0.25) is 43.8 Å². The molecule has 172 valence electrons. The van der Waals surface area contributed by atoms with E-state index in [0.29, 0.717) is 6.42 Å². The first-order chi connectivity index (χ1) is 13.5. The first kappa shape index (κ1) is 27.3. The third-order valence-electron chi connectivity index (χ3n) is 5.73. The van der Waals surface area contributed by atoms with Crippen molar-refractivity contribution < 1.29 is 17.6 Å². The van der Waals surface area contributed by atoms with Crippen LogP contribution in [0.1, 0.15) is 33.6 Å². The summed E-state index contributed by atoms with van der Waals surface area (Å²) in [7, 11) is -5.72.